The van der Waals surface area contributed by atoms with Crippen LogP contribution in [0.4, 0.5) is 0 Å². The fraction of sp³-hybridized carbons (Fsp3) is 0.769. The summed E-state index contributed by atoms with van der Waals surface area (Å²) in [6, 6.07) is 0. The molecule has 1 atom stereocenters. The van der Waals surface area contributed by atoms with E-state index in [9.17, 15) is 5.11 Å². The number of aliphatic hydroxyl groups excluding tert-OH is 1. The SMILES string of the molecule is CCCC(O)C1=C(C)C(=NO)CCC1(C)C. The number of oxime groups is 1. The van der Waals surface area contributed by atoms with Crippen LogP contribution in [0.3, 0.4) is 0 Å². The van der Waals surface area contributed by atoms with Gasteiger partial charge in [-0.1, -0.05) is 32.3 Å². The second-order valence-corrected chi connectivity index (χ2v) is 5.27. The molecule has 0 heterocycles. The first-order valence-corrected chi connectivity index (χ1v) is 6.04. The Hall–Kier alpha value is -0.830. The van der Waals surface area contributed by atoms with Crippen molar-refractivity contribution in [3.63, 3.8) is 0 Å². The highest BCUT2D eigenvalue weighted by Gasteiger charge is 2.34. The minimum atomic E-state index is -0.406. The zero-order valence-corrected chi connectivity index (χ0v) is 10.7. The van der Waals surface area contributed by atoms with Crippen molar-refractivity contribution in [2.75, 3.05) is 0 Å². The predicted molar refractivity (Wildman–Crippen MR) is 65.9 cm³/mol. The topological polar surface area (TPSA) is 52.8 Å². The van der Waals surface area contributed by atoms with E-state index in [1.165, 1.54) is 0 Å². The van der Waals surface area contributed by atoms with Gasteiger partial charge in [-0.25, -0.2) is 0 Å². The van der Waals surface area contributed by atoms with Crippen molar-refractivity contribution < 1.29 is 10.3 Å². The molecule has 1 aliphatic carbocycles. The maximum atomic E-state index is 10.2. The summed E-state index contributed by atoms with van der Waals surface area (Å²) in [5.74, 6) is 0. The van der Waals surface area contributed by atoms with Crippen molar-refractivity contribution in [2.45, 2.75) is 59.5 Å². The van der Waals surface area contributed by atoms with Gasteiger partial charge in [-0.3, -0.25) is 0 Å². The van der Waals surface area contributed by atoms with Gasteiger partial charge < -0.3 is 10.3 Å². The maximum Gasteiger partial charge on any atom is 0.0825 e. The van der Waals surface area contributed by atoms with E-state index in [1.54, 1.807) is 0 Å². The van der Waals surface area contributed by atoms with Gasteiger partial charge in [0.2, 0.25) is 0 Å². The molecule has 0 radical (unpaired) electrons. The van der Waals surface area contributed by atoms with Gasteiger partial charge in [-0.2, -0.15) is 0 Å². The van der Waals surface area contributed by atoms with Gasteiger partial charge in [-0.05, 0) is 42.7 Å². The Morgan fingerprint density at radius 3 is 2.56 bits per heavy atom. The van der Waals surface area contributed by atoms with E-state index in [0.717, 1.165) is 42.5 Å². The van der Waals surface area contributed by atoms with Gasteiger partial charge in [0.25, 0.3) is 0 Å². The lowest BCUT2D eigenvalue weighted by Crippen LogP contribution is -2.32. The highest BCUT2D eigenvalue weighted by Crippen LogP contribution is 2.41. The van der Waals surface area contributed by atoms with E-state index in [0.29, 0.717) is 0 Å². The molecule has 0 saturated heterocycles. The maximum absolute atomic E-state index is 10.2. The first-order valence-electron chi connectivity index (χ1n) is 6.04. The molecule has 1 aliphatic rings. The molecule has 92 valence electrons. The molecular weight excluding hydrogens is 202 g/mol. The molecule has 0 spiro atoms. The fourth-order valence-corrected chi connectivity index (χ4v) is 2.66. The van der Waals surface area contributed by atoms with Crippen molar-refractivity contribution in [1.29, 1.82) is 0 Å². The van der Waals surface area contributed by atoms with E-state index >= 15 is 0 Å². The Morgan fingerprint density at radius 2 is 2.06 bits per heavy atom. The van der Waals surface area contributed by atoms with E-state index < -0.39 is 6.10 Å². The van der Waals surface area contributed by atoms with Gasteiger partial charge in [0.1, 0.15) is 0 Å². The molecule has 3 heteroatoms. The third-order valence-electron chi connectivity index (χ3n) is 3.57. The lowest BCUT2D eigenvalue weighted by atomic mass is 9.69. The zero-order chi connectivity index (χ0) is 12.3. The molecule has 16 heavy (non-hydrogen) atoms. The summed E-state index contributed by atoms with van der Waals surface area (Å²) in [6.07, 6.45) is 3.04. The number of rotatable bonds is 3. The molecule has 0 aromatic heterocycles. The van der Waals surface area contributed by atoms with E-state index in [2.05, 4.69) is 25.9 Å². The van der Waals surface area contributed by atoms with E-state index in [4.69, 9.17) is 5.21 Å². The summed E-state index contributed by atoms with van der Waals surface area (Å²) < 4.78 is 0. The Balaban J connectivity index is 3.13. The fourth-order valence-electron chi connectivity index (χ4n) is 2.66. The standard InChI is InChI=1S/C13H23NO2/c1-5-6-11(15)12-9(2)10(14-16)7-8-13(12,3)4/h11,15-16H,5-8H2,1-4H3. The number of hydrogen-bond acceptors (Lipinski definition) is 3. The minimum Gasteiger partial charge on any atom is -0.411 e. The van der Waals surface area contributed by atoms with Crippen LogP contribution in [0.2, 0.25) is 0 Å². The third-order valence-corrected chi connectivity index (χ3v) is 3.57. The molecule has 1 rings (SSSR count). The average molecular weight is 225 g/mol. The first kappa shape index (κ1) is 13.2. The van der Waals surface area contributed by atoms with Crippen LogP contribution < -0.4 is 0 Å². The zero-order valence-electron chi connectivity index (χ0n) is 10.7. The summed E-state index contributed by atoms with van der Waals surface area (Å²) in [7, 11) is 0. The van der Waals surface area contributed by atoms with Crippen LogP contribution in [0.1, 0.15) is 53.4 Å². The summed E-state index contributed by atoms with van der Waals surface area (Å²) in [5.41, 5.74) is 2.75. The molecule has 3 nitrogen and oxygen atoms in total. The van der Waals surface area contributed by atoms with Gasteiger partial charge in [0.05, 0.1) is 11.8 Å². The summed E-state index contributed by atoms with van der Waals surface area (Å²) in [5, 5.41) is 22.5. The lowest BCUT2D eigenvalue weighted by molar-refractivity contribution is 0.164. The molecule has 0 bridgehead atoms. The van der Waals surface area contributed by atoms with Crippen LogP contribution in [-0.4, -0.2) is 22.1 Å². The average Bonchev–Trinajstić information content (AvgIpc) is 2.17. The molecule has 2 N–H and O–H groups in total. The highest BCUT2D eigenvalue weighted by molar-refractivity contribution is 6.01. The van der Waals surface area contributed by atoms with E-state index in [1.807, 2.05) is 6.92 Å². The summed E-state index contributed by atoms with van der Waals surface area (Å²) >= 11 is 0. The van der Waals surface area contributed by atoms with Gasteiger partial charge in [0, 0.05) is 0 Å². The van der Waals surface area contributed by atoms with Crippen molar-refractivity contribution in [1.82, 2.24) is 0 Å². The van der Waals surface area contributed by atoms with E-state index in [-0.39, 0.29) is 5.41 Å². The second-order valence-electron chi connectivity index (χ2n) is 5.27. The molecule has 0 saturated carbocycles. The van der Waals surface area contributed by atoms with Crippen LogP contribution in [0, 0.1) is 5.41 Å². The Kier molecular flexibility index (Phi) is 4.14. The monoisotopic (exact) mass is 225 g/mol. The summed E-state index contributed by atoms with van der Waals surface area (Å²) in [6.45, 7) is 8.32. The Morgan fingerprint density at radius 1 is 1.44 bits per heavy atom. The minimum absolute atomic E-state index is 0.00681. The van der Waals surface area contributed by atoms with Crippen LogP contribution in [0.25, 0.3) is 0 Å². The molecule has 0 fully saturated rings. The molecular formula is C13H23NO2. The molecule has 1 unspecified atom stereocenters. The van der Waals surface area contributed by atoms with Crippen molar-refractivity contribution >= 4 is 5.71 Å². The van der Waals surface area contributed by atoms with Crippen LogP contribution in [-0.2, 0) is 0 Å². The largest absolute Gasteiger partial charge is 0.411 e. The lowest BCUT2D eigenvalue weighted by Gasteiger charge is -2.37. The predicted octanol–water partition coefficient (Wildman–Crippen LogP) is 3.11. The van der Waals surface area contributed by atoms with Crippen LogP contribution >= 0.6 is 0 Å². The first-order chi connectivity index (χ1) is 7.44. The Bertz CT molecular complexity index is 316. The highest BCUT2D eigenvalue weighted by atomic mass is 16.4. The van der Waals surface area contributed by atoms with Gasteiger partial charge >= 0.3 is 0 Å². The number of aliphatic hydroxyl groups is 1. The van der Waals surface area contributed by atoms with Gasteiger partial charge in [-0.15, -0.1) is 0 Å². The van der Waals surface area contributed by atoms with Gasteiger partial charge in [0.15, 0.2) is 0 Å². The van der Waals surface area contributed by atoms with Crippen molar-refractivity contribution in [3.8, 4) is 0 Å². The van der Waals surface area contributed by atoms with Crippen LogP contribution in [0.15, 0.2) is 16.3 Å². The smallest absolute Gasteiger partial charge is 0.0825 e. The third kappa shape index (κ3) is 2.46. The number of nitrogens with zero attached hydrogens (tertiary/aromatic N) is 1. The quantitative estimate of drug-likeness (QED) is 0.572. The molecule has 0 aromatic carbocycles. The van der Waals surface area contributed by atoms with Crippen molar-refractivity contribution in [2.24, 2.45) is 10.6 Å². The second kappa shape index (κ2) is 5.00. The van der Waals surface area contributed by atoms with Crippen LogP contribution in [0.5, 0.6) is 0 Å². The van der Waals surface area contributed by atoms with Crippen molar-refractivity contribution in [3.05, 3.63) is 11.1 Å². The number of allylic oxidation sites excluding steroid dienone is 1. The molecule has 0 aliphatic heterocycles. The molecule has 0 aromatic rings. The Labute approximate surface area is 97.9 Å². The normalized spacial score (nSPS) is 24.9. The number of hydrogen-bond donors (Lipinski definition) is 2. The molecule has 0 amide bonds. The summed E-state index contributed by atoms with van der Waals surface area (Å²) in [4.78, 5) is 0.